The highest BCUT2D eigenvalue weighted by molar-refractivity contribution is 7.89. The van der Waals surface area contributed by atoms with Gasteiger partial charge < -0.3 is 9.64 Å². The first-order chi connectivity index (χ1) is 11.3. The van der Waals surface area contributed by atoms with Crippen LogP contribution in [0, 0.1) is 12.8 Å². The zero-order valence-electron chi connectivity index (χ0n) is 14.8. The van der Waals surface area contributed by atoms with Crippen LogP contribution >= 0.6 is 0 Å². The van der Waals surface area contributed by atoms with E-state index >= 15 is 0 Å². The molecule has 0 unspecified atom stereocenters. The van der Waals surface area contributed by atoms with Gasteiger partial charge in [-0.05, 0) is 36.6 Å². The summed E-state index contributed by atoms with van der Waals surface area (Å²) in [5.74, 6) is 1.07. The fourth-order valence-corrected chi connectivity index (χ4v) is 4.32. The number of hydrogen-bond donors (Lipinski definition) is 0. The van der Waals surface area contributed by atoms with Gasteiger partial charge in [0.2, 0.25) is 15.9 Å². The number of sulfonamides is 1. The second-order valence-electron chi connectivity index (χ2n) is 6.51. The Hall–Kier alpha value is -1.60. The van der Waals surface area contributed by atoms with E-state index in [1.165, 1.54) is 4.31 Å². The van der Waals surface area contributed by atoms with E-state index in [4.69, 9.17) is 4.74 Å². The van der Waals surface area contributed by atoms with Crippen molar-refractivity contribution in [3.8, 4) is 5.75 Å². The van der Waals surface area contributed by atoms with Crippen molar-refractivity contribution in [2.75, 3.05) is 33.3 Å². The molecule has 1 aliphatic rings. The molecule has 0 aliphatic carbocycles. The Labute approximate surface area is 144 Å². The molecule has 2 rings (SSSR count). The molecule has 0 aromatic heterocycles. The topological polar surface area (TPSA) is 66.9 Å². The predicted octanol–water partition coefficient (Wildman–Crippen LogP) is 1.88. The second kappa shape index (κ2) is 7.53. The molecule has 6 nitrogen and oxygen atoms in total. The summed E-state index contributed by atoms with van der Waals surface area (Å²) in [6.45, 7) is 7.38. The molecular weight excluding hydrogens is 328 g/mol. The Morgan fingerprint density at radius 1 is 1.21 bits per heavy atom. The second-order valence-corrected chi connectivity index (χ2v) is 8.45. The lowest BCUT2D eigenvalue weighted by atomic mass is 10.1. The molecule has 0 radical (unpaired) electrons. The average molecular weight is 354 g/mol. The Morgan fingerprint density at radius 3 is 2.33 bits per heavy atom. The van der Waals surface area contributed by atoms with E-state index < -0.39 is 10.0 Å². The van der Waals surface area contributed by atoms with E-state index in [0.29, 0.717) is 44.3 Å². The first kappa shape index (κ1) is 18.7. The minimum atomic E-state index is -3.54. The summed E-state index contributed by atoms with van der Waals surface area (Å²) in [4.78, 5) is 14.1. The normalized spacial score (nSPS) is 16.5. The number of ether oxygens (including phenoxy) is 1. The molecule has 0 atom stereocenters. The first-order valence-electron chi connectivity index (χ1n) is 8.18. The lowest BCUT2D eigenvalue weighted by Crippen LogP contribution is -2.50. The summed E-state index contributed by atoms with van der Waals surface area (Å²) in [5, 5.41) is 0. The number of hydrogen-bond acceptors (Lipinski definition) is 4. The highest BCUT2D eigenvalue weighted by Crippen LogP contribution is 2.24. The third-order valence-corrected chi connectivity index (χ3v) is 6.07. The van der Waals surface area contributed by atoms with Gasteiger partial charge in [-0.25, -0.2) is 8.42 Å². The first-order valence-corrected chi connectivity index (χ1v) is 9.62. The van der Waals surface area contributed by atoms with Gasteiger partial charge in [-0.3, -0.25) is 4.79 Å². The largest absolute Gasteiger partial charge is 0.496 e. The highest BCUT2D eigenvalue weighted by atomic mass is 32.2. The van der Waals surface area contributed by atoms with Crippen molar-refractivity contribution < 1.29 is 17.9 Å². The molecule has 134 valence electrons. The van der Waals surface area contributed by atoms with Gasteiger partial charge in [-0.2, -0.15) is 4.31 Å². The number of carbonyl (C=O) groups is 1. The number of rotatable bonds is 5. The van der Waals surface area contributed by atoms with Crippen molar-refractivity contribution in [1.82, 2.24) is 9.21 Å². The number of amides is 1. The molecule has 1 aromatic rings. The van der Waals surface area contributed by atoms with Crippen LogP contribution in [0.1, 0.15) is 25.8 Å². The zero-order chi connectivity index (χ0) is 17.9. The van der Waals surface area contributed by atoms with Gasteiger partial charge in [0, 0.05) is 32.6 Å². The number of carbonyl (C=O) groups excluding carboxylic acids is 1. The summed E-state index contributed by atoms with van der Waals surface area (Å²) in [6, 6.07) is 4.87. The molecular formula is C17H26N2O4S. The number of benzene rings is 1. The quantitative estimate of drug-likeness (QED) is 0.810. The van der Waals surface area contributed by atoms with Crippen LogP contribution in [0.25, 0.3) is 0 Å². The van der Waals surface area contributed by atoms with Crippen molar-refractivity contribution in [3.05, 3.63) is 23.8 Å². The summed E-state index contributed by atoms with van der Waals surface area (Å²) >= 11 is 0. The zero-order valence-corrected chi connectivity index (χ0v) is 15.6. The fraction of sp³-hybridized carbons (Fsp3) is 0.588. The lowest BCUT2D eigenvalue weighted by molar-refractivity contribution is -0.133. The van der Waals surface area contributed by atoms with E-state index in [0.717, 1.165) is 5.56 Å². The molecule has 0 N–H and O–H groups in total. The van der Waals surface area contributed by atoms with Gasteiger partial charge in [0.15, 0.2) is 0 Å². The summed E-state index contributed by atoms with van der Waals surface area (Å²) < 4.78 is 32.2. The molecule has 1 heterocycles. The smallest absolute Gasteiger partial charge is 0.243 e. The monoisotopic (exact) mass is 354 g/mol. The number of methoxy groups -OCH3 is 1. The van der Waals surface area contributed by atoms with Crippen molar-refractivity contribution >= 4 is 15.9 Å². The Bertz CT molecular complexity index is 693. The van der Waals surface area contributed by atoms with Crippen molar-refractivity contribution in [3.63, 3.8) is 0 Å². The molecule has 1 saturated heterocycles. The third kappa shape index (κ3) is 4.08. The molecule has 1 fully saturated rings. The maximum Gasteiger partial charge on any atom is 0.243 e. The van der Waals surface area contributed by atoms with Gasteiger partial charge in [-0.1, -0.05) is 13.8 Å². The number of nitrogens with zero attached hydrogens (tertiary/aromatic N) is 2. The average Bonchev–Trinajstić information content (AvgIpc) is 2.54. The van der Waals surface area contributed by atoms with Gasteiger partial charge in [0.1, 0.15) is 5.75 Å². The Balaban J connectivity index is 2.07. The number of aryl methyl sites for hydroxylation is 1. The van der Waals surface area contributed by atoms with Crippen LogP contribution in [-0.2, 0) is 14.8 Å². The minimum Gasteiger partial charge on any atom is -0.496 e. The Morgan fingerprint density at radius 2 is 1.83 bits per heavy atom. The summed E-state index contributed by atoms with van der Waals surface area (Å²) in [7, 11) is -1.98. The molecule has 0 saturated carbocycles. The minimum absolute atomic E-state index is 0.0994. The van der Waals surface area contributed by atoms with Crippen LogP contribution in [0.3, 0.4) is 0 Å². The lowest BCUT2D eigenvalue weighted by Gasteiger charge is -2.34. The molecule has 1 aliphatic heterocycles. The van der Waals surface area contributed by atoms with Crippen LogP contribution < -0.4 is 4.74 Å². The highest BCUT2D eigenvalue weighted by Gasteiger charge is 2.30. The Kier molecular flexibility index (Phi) is 5.87. The van der Waals surface area contributed by atoms with E-state index in [1.807, 2.05) is 20.8 Å². The molecule has 0 bridgehead atoms. The van der Waals surface area contributed by atoms with E-state index in [-0.39, 0.29) is 10.8 Å². The van der Waals surface area contributed by atoms with Crippen molar-refractivity contribution in [2.45, 2.75) is 32.1 Å². The molecule has 1 amide bonds. The SMILES string of the molecule is COc1ccc(S(=O)(=O)N2CCN(C(=O)CC(C)C)CC2)cc1C. The van der Waals surface area contributed by atoms with Crippen LogP contribution in [0.4, 0.5) is 0 Å². The number of piperazine rings is 1. The third-order valence-electron chi connectivity index (χ3n) is 4.18. The van der Waals surface area contributed by atoms with Gasteiger partial charge in [-0.15, -0.1) is 0 Å². The van der Waals surface area contributed by atoms with Gasteiger partial charge >= 0.3 is 0 Å². The van der Waals surface area contributed by atoms with Crippen LogP contribution in [-0.4, -0.2) is 56.8 Å². The van der Waals surface area contributed by atoms with E-state index in [9.17, 15) is 13.2 Å². The van der Waals surface area contributed by atoms with Crippen molar-refractivity contribution in [2.24, 2.45) is 5.92 Å². The summed E-state index contributed by atoms with van der Waals surface area (Å²) in [5.41, 5.74) is 0.782. The molecule has 24 heavy (non-hydrogen) atoms. The maximum absolute atomic E-state index is 12.8. The van der Waals surface area contributed by atoms with Gasteiger partial charge in [0.25, 0.3) is 0 Å². The fourth-order valence-electron chi connectivity index (χ4n) is 2.82. The molecule has 0 spiro atoms. The maximum atomic E-state index is 12.8. The van der Waals surface area contributed by atoms with Gasteiger partial charge in [0.05, 0.1) is 12.0 Å². The predicted molar refractivity (Wildman–Crippen MR) is 92.5 cm³/mol. The standard InChI is InChI=1S/C17H26N2O4S/c1-13(2)11-17(20)18-7-9-19(10-8-18)24(21,22)15-5-6-16(23-4)14(3)12-15/h5-6,12-13H,7-11H2,1-4H3. The van der Waals surface area contributed by atoms with E-state index in [2.05, 4.69) is 0 Å². The van der Waals surface area contributed by atoms with Crippen LogP contribution in [0.2, 0.25) is 0 Å². The summed E-state index contributed by atoms with van der Waals surface area (Å²) in [6.07, 6.45) is 0.504. The van der Waals surface area contributed by atoms with Crippen LogP contribution in [0.15, 0.2) is 23.1 Å². The van der Waals surface area contributed by atoms with E-state index in [1.54, 1.807) is 30.2 Å². The van der Waals surface area contributed by atoms with Crippen molar-refractivity contribution in [1.29, 1.82) is 0 Å². The van der Waals surface area contributed by atoms with Crippen LogP contribution in [0.5, 0.6) is 5.75 Å². The molecule has 7 heteroatoms. The molecule has 1 aromatic carbocycles.